The minimum absolute atomic E-state index is 0.197. The van der Waals surface area contributed by atoms with E-state index in [9.17, 15) is 14.9 Å². The third-order valence-electron chi connectivity index (χ3n) is 3.80. The van der Waals surface area contributed by atoms with Gasteiger partial charge in [-0.15, -0.1) is 0 Å². The second-order valence-electron chi connectivity index (χ2n) is 5.55. The fraction of sp³-hybridized carbons (Fsp3) is 0.118. The van der Waals surface area contributed by atoms with Crippen molar-refractivity contribution in [2.75, 3.05) is 0 Å². The van der Waals surface area contributed by atoms with Crippen molar-refractivity contribution >= 4 is 27.5 Å². The Kier molecular flexibility index (Phi) is 5.08. The number of hydrogen-bond acceptors (Lipinski definition) is 5. The van der Waals surface area contributed by atoms with Crippen LogP contribution in [0, 0.1) is 10.1 Å². The van der Waals surface area contributed by atoms with Crippen molar-refractivity contribution < 1.29 is 9.72 Å². The van der Waals surface area contributed by atoms with Crippen LogP contribution in [0.25, 0.3) is 5.69 Å². The lowest BCUT2D eigenvalue weighted by atomic mass is 10.1. The number of hydrogen-bond donors (Lipinski definition) is 1. The van der Waals surface area contributed by atoms with Crippen LogP contribution in [0.4, 0.5) is 5.69 Å². The highest BCUT2D eigenvalue weighted by molar-refractivity contribution is 9.10. The summed E-state index contributed by atoms with van der Waals surface area (Å²) in [6, 6.07) is 11.5. The predicted molar refractivity (Wildman–Crippen MR) is 98.0 cm³/mol. The van der Waals surface area contributed by atoms with Crippen LogP contribution < -0.4 is 5.32 Å². The molecule has 0 aliphatic heterocycles. The molecule has 1 N–H and O–H groups in total. The van der Waals surface area contributed by atoms with E-state index in [1.54, 1.807) is 0 Å². The SMILES string of the molecule is CC(NC(=O)c1ccc(-n2cncn2)c([N+](=O)[O-])c1)c1cccc(Br)c1. The Morgan fingerprint density at radius 2 is 2.12 bits per heavy atom. The van der Waals surface area contributed by atoms with E-state index in [0.29, 0.717) is 0 Å². The van der Waals surface area contributed by atoms with Crippen molar-refractivity contribution in [2.24, 2.45) is 0 Å². The fourth-order valence-electron chi connectivity index (χ4n) is 2.48. The van der Waals surface area contributed by atoms with Crippen LogP contribution in [0.2, 0.25) is 0 Å². The van der Waals surface area contributed by atoms with Crippen molar-refractivity contribution in [1.82, 2.24) is 20.1 Å². The van der Waals surface area contributed by atoms with Gasteiger partial charge in [0.1, 0.15) is 18.3 Å². The summed E-state index contributed by atoms with van der Waals surface area (Å²) < 4.78 is 2.19. The van der Waals surface area contributed by atoms with Gasteiger partial charge < -0.3 is 5.32 Å². The average molecular weight is 416 g/mol. The lowest BCUT2D eigenvalue weighted by Gasteiger charge is -2.15. The number of nitrogens with one attached hydrogen (secondary N) is 1. The Labute approximate surface area is 157 Å². The van der Waals surface area contributed by atoms with E-state index in [0.717, 1.165) is 10.0 Å². The third kappa shape index (κ3) is 3.77. The largest absolute Gasteiger partial charge is 0.346 e. The van der Waals surface area contributed by atoms with Gasteiger partial charge in [0.05, 0.1) is 11.0 Å². The first-order valence-corrected chi connectivity index (χ1v) is 8.45. The topological polar surface area (TPSA) is 103 Å². The third-order valence-corrected chi connectivity index (χ3v) is 4.29. The summed E-state index contributed by atoms with van der Waals surface area (Å²) in [5.41, 5.74) is 1.13. The molecule has 8 nitrogen and oxygen atoms in total. The summed E-state index contributed by atoms with van der Waals surface area (Å²) in [6.45, 7) is 1.85. The number of benzene rings is 2. The van der Waals surface area contributed by atoms with Crippen molar-refractivity contribution in [2.45, 2.75) is 13.0 Å². The van der Waals surface area contributed by atoms with Gasteiger partial charge in [-0.3, -0.25) is 14.9 Å². The summed E-state index contributed by atoms with van der Waals surface area (Å²) in [7, 11) is 0. The first kappa shape index (κ1) is 17.7. The number of aromatic nitrogens is 3. The van der Waals surface area contributed by atoms with Crippen LogP contribution in [0.5, 0.6) is 0 Å². The minimum atomic E-state index is -0.550. The Balaban J connectivity index is 1.86. The maximum atomic E-state index is 12.5. The van der Waals surface area contributed by atoms with Crippen LogP contribution in [0.1, 0.15) is 28.9 Å². The normalized spacial score (nSPS) is 11.8. The van der Waals surface area contributed by atoms with Gasteiger partial charge in [0, 0.05) is 16.1 Å². The highest BCUT2D eigenvalue weighted by Gasteiger charge is 2.20. The van der Waals surface area contributed by atoms with E-state index >= 15 is 0 Å². The molecule has 0 aliphatic rings. The maximum absolute atomic E-state index is 12.5. The smallest absolute Gasteiger partial charge is 0.295 e. The number of rotatable bonds is 5. The second kappa shape index (κ2) is 7.44. The van der Waals surface area contributed by atoms with Crippen molar-refractivity contribution in [3.05, 3.63) is 80.8 Å². The van der Waals surface area contributed by atoms with E-state index in [4.69, 9.17) is 0 Å². The number of nitrogens with zero attached hydrogens (tertiary/aromatic N) is 4. The molecule has 0 bridgehead atoms. The van der Waals surface area contributed by atoms with Crippen LogP contribution >= 0.6 is 15.9 Å². The monoisotopic (exact) mass is 415 g/mol. The number of carbonyl (C=O) groups excluding carboxylic acids is 1. The molecule has 0 fully saturated rings. The van der Waals surface area contributed by atoms with Crippen molar-refractivity contribution in [3.8, 4) is 5.69 Å². The maximum Gasteiger partial charge on any atom is 0.295 e. The molecule has 1 amide bonds. The second-order valence-corrected chi connectivity index (χ2v) is 6.47. The van der Waals surface area contributed by atoms with Crippen LogP contribution in [0.3, 0.4) is 0 Å². The molecule has 1 heterocycles. The number of nitro benzene ring substituents is 1. The Hall–Kier alpha value is -3.07. The van der Waals surface area contributed by atoms with Gasteiger partial charge >= 0.3 is 0 Å². The first-order valence-electron chi connectivity index (χ1n) is 7.65. The van der Waals surface area contributed by atoms with Crippen molar-refractivity contribution in [3.63, 3.8) is 0 Å². The van der Waals surface area contributed by atoms with Gasteiger partial charge in [0.25, 0.3) is 11.6 Å². The molecule has 1 aromatic heterocycles. The molecule has 0 radical (unpaired) electrons. The lowest BCUT2D eigenvalue weighted by molar-refractivity contribution is -0.384. The molecule has 3 rings (SSSR count). The van der Waals surface area contributed by atoms with Crippen molar-refractivity contribution in [1.29, 1.82) is 0 Å². The first-order chi connectivity index (χ1) is 12.5. The zero-order valence-electron chi connectivity index (χ0n) is 13.7. The van der Waals surface area contributed by atoms with Gasteiger partial charge in [-0.05, 0) is 36.8 Å². The lowest BCUT2D eigenvalue weighted by Crippen LogP contribution is -2.26. The summed E-state index contributed by atoms with van der Waals surface area (Å²) in [4.78, 5) is 27.1. The van der Waals surface area contributed by atoms with Crippen LogP contribution in [-0.2, 0) is 0 Å². The molecular weight excluding hydrogens is 402 g/mol. The van der Waals surface area contributed by atoms with Gasteiger partial charge in [0.15, 0.2) is 0 Å². The molecule has 0 saturated heterocycles. The summed E-state index contributed by atoms with van der Waals surface area (Å²) >= 11 is 3.39. The number of halogens is 1. The standard InChI is InChI=1S/C17H14BrN5O3/c1-11(12-3-2-4-14(18)7-12)21-17(24)13-5-6-15(16(8-13)23(25)26)22-10-19-9-20-22/h2-11H,1H3,(H,21,24). The highest BCUT2D eigenvalue weighted by Crippen LogP contribution is 2.24. The van der Waals surface area contributed by atoms with E-state index in [1.165, 1.54) is 35.5 Å². The summed E-state index contributed by atoms with van der Waals surface area (Å²) in [5, 5.41) is 18.1. The average Bonchev–Trinajstić information content (AvgIpc) is 3.15. The molecule has 9 heteroatoms. The number of nitro groups is 1. The van der Waals surface area contributed by atoms with Gasteiger partial charge in [-0.1, -0.05) is 28.1 Å². The predicted octanol–water partition coefficient (Wildman–Crippen LogP) is 3.43. The molecule has 132 valence electrons. The van der Waals surface area contributed by atoms with Crippen LogP contribution in [-0.4, -0.2) is 25.6 Å². The molecule has 2 aromatic carbocycles. The van der Waals surface area contributed by atoms with E-state index in [-0.39, 0.29) is 23.0 Å². The molecule has 26 heavy (non-hydrogen) atoms. The van der Waals surface area contributed by atoms with E-state index < -0.39 is 10.8 Å². The minimum Gasteiger partial charge on any atom is -0.346 e. The number of amides is 1. The van der Waals surface area contributed by atoms with Crippen LogP contribution in [0.15, 0.2) is 59.6 Å². The quantitative estimate of drug-likeness (QED) is 0.507. The Morgan fingerprint density at radius 1 is 1.31 bits per heavy atom. The molecule has 0 aliphatic carbocycles. The van der Waals surface area contributed by atoms with E-state index in [1.807, 2.05) is 31.2 Å². The highest BCUT2D eigenvalue weighted by atomic mass is 79.9. The zero-order valence-corrected chi connectivity index (χ0v) is 15.3. The summed E-state index contributed by atoms with van der Waals surface area (Å²) in [6.07, 6.45) is 2.64. The molecule has 0 spiro atoms. The van der Waals surface area contributed by atoms with Gasteiger partial charge in [-0.2, -0.15) is 5.10 Å². The Bertz CT molecular complexity index is 959. The molecule has 1 unspecified atom stereocenters. The molecule has 3 aromatic rings. The van der Waals surface area contributed by atoms with E-state index in [2.05, 4.69) is 31.3 Å². The number of carbonyl (C=O) groups is 1. The molecular formula is C17H14BrN5O3. The fourth-order valence-corrected chi connectivity index (χ4v) is 2.89. The Morgan fingerprint density at radius 3 is 2.77 bits per heavy atom. The van der Waals surface area contributed by atoms with Gasteiger partial charge in [0.2, 0.25) is 0 Å². The molecule has 1 atom stereocenters. The summed E-state index contributed by atoms with van der Waals surface area (Å²) in [5.74, 6) is -0.397. The molecule has 0 saturated carbocycles. The van der Waals surface area contributed by atoms with Gasteiger partial charge in [-0.25, -0.2) is 9.67 Å². The zero-order chi connectivity index (χ0) is 18.7.